The van der Waals surface area contributed by atoms with Crippen molar-refractivity contribution >= 4 is 116 Å². The molecule has 16 atom stereocenters. The highest BCUT2D eigenvalue weighted by atomic mass is 35.5. The lowest BCUT2D eigenvalue weighted by Gasteiger charge is -2.16. The lowest BCUT2D eigenvalue weighted by Crippen LogP contribution is -2.33. The van der Waals surface area contributed by atoms with Crippen LogP contribution in [-0.4, -0.2) is 309 Å². The molecule has 0 radical (unpaired) electrons. The number of nitrogens with two attached hydrogens (primary N) is 5. The number of ether oxygens (including phenoxy) is 6. The molecule has 1 amide bonds. The number of aromatic nitrogens is 20. The first-order chi connectivity index (χ1) is 51.7. The maximum atomic E-state index is 11.8. The van der Waals surface area contributed by atoms with Crippen molar-refractivity contribution in [1.29, 1.82) is 0 Å². The van der Waals surface area contributed by atoms with Crippen LogP contribution in [0.4, 0.5) is 29.2 Å². The largest absolute Gasteiger partial charge is 0.465 e. The number of aldehydes is 2. The van der Waals surface area contributed by atoms with Gasteiger partial charge in [-0.2, -0.15) is 50.1 Å². The highest BCUT2D eigenvalue weighted by Gasteiger charge is 2.48. The van der Waals surface area contributed by atoms with Crippen LogP contribution >= 0.6 is 11.6 Å². The van der Waals surface area contributed by atoms with Gasteiger partial charge in [0.05, 0.1) is 88.5 Å². The fraction of sp³-hybridized carbons (Fsp3) is 0.456. The van der Waals surface area contributed by atoms with Gasteiger partial charge in [0.2, 0.25) is 11.2 Å². The lowest BCUT2D eigenvalue weighted by molar-refractivity contribution is -0.150. The highest BCUT2D eigenvalue weighted by Crippen LogP contribution is 2.37. The van der Waals surface area contributed by atoms with E-state index < -0.39 is 142 Å². The summed E-state index contributed by atoms with van der Waals surface area (Å²) in [6, 6.07) is 0. The number of nitrogen functional groups attached to an aromatic ring is 5. The minimum absolute atomic E-state index is 0.0451. The number of hydrogen-bond acceptors (Lipinski definition) is 43. The first-order valence-electron chi connectivity index (χ1n) is 31.9. The predicted molar refractivity (Wildman–Crippen MR) is 360 cm³/mol. The van der Waals surface area contributed by atoms with E-state index in [0.29, 0.717) is 16.6 Å². The van der Waals surface area contributed by atoms with Crippen molar-refractivity contribution in [2.45, 2.75) is 112 Å². The molecule has 0 unspecified atom stereocenters. The van der Waals surface area contributed by atoms with E-state index in [9.17, 15) is 75.0 Å². The van der Waals surface area contributed by atoms with Crippen LogP contribution in [0.2, 0.25) is 5.28 Å². The van der Waals surface area contributed by atoms with E-state index in [1.807, 2.05) is 0 Å². The monoisotopic (exact) mass is 1540 g/mol. The summed E-state index contributed by atoms with van der Waals surface area (Å²) in [6.45, 7) is 1.93. The van der Waals surface area contributed by atoms with Gasteiger partial charge in [0.15, 0.2) is 76.7 Å². The summed E-state index contributed by atoms with van der Waals surface area (Å²) in [7, 11) is 1.50. The molecule has 0 aromatic carbocycles. The molecule has 24 N–H and O–H groups in total. The molecule has 580 valence electrons. The van der Waals surface area contributed by atoms with Gasteiger partial charge in [-0.15, -0.1) is 0 Å². The SMILES string of the molecule is CCOC(=O)C(C=O)C=O.CCOC(=O)c1cnn(-c2nc(N)c3ncn([C@@H]4O[C@H](CO)[C@@H](O)[C@H]4O)c3n2)c1.CNC(=O)c1cnn(-c2nc(N)c3ncn([C@@H]4O[C@H](CO)[C@@H](O)[C@H]4O)c3n2)c1.NNc1nc(N)c2ncn([C@@H]3O[C@H](CO)[C@@H](O)[C@H]3O)c2n1.Nc1nc(Cl)nc2c1ncn2[C@@H]1O[C@H](CO)[C@@H](O)[C@H]1O. The molecule has 10 aromatic rings. The first kappa shape index (κ1) is 79.5. The zero-order valence-electron chi connectivity index (χ0n) is 56.4. The number of aliphatic hydroxyl groups excluding tert-OH is 12. The Morgan fingerprint density at radius 2 is 0.852 bits per heavy atom. The molecule has 10 aromatic heterocycles. The Hall–Kier alpha value is -11.0. The molecular formula is C57H72ClN27O23. The number of rotatable bonds is 18. The summed E-state index contributed by atoms with van der Waals surface area (Å²) in [4.78, 5) is 103. The second kappa shape index (κ2) is 34.3. The van der Waals surface area contributed by atoms with Gasteiger partial charge in [0.25, 0.3) is 17.8 Å². The quantitative estimate of drug-likeness (QED) is 0.00947. The summed E-state index contributed by atoms with van der Waals surface area (Å²) >= 11 is 5.74. The molecule has 14 heterocycles. The molecule has 0 aliphatic carbocycles. The second-order valence-corrected chi connectivity index (χ2v) is 23.5. The van der Waals surface area contributed by atoms with Crippen LogP contribution in [0.1, 0.15) is 59.5 Å². The van der Waals surface area contributed by atoms with Crippen molar-refractivity contribution in [1.82, 2.24) is 103 Å². The van der Waals surface area contributed by atoms with Crippen molar-refractivity contribution in [3.63, 3.8) is 0 Å². The van der Waals surface area contributed by atoms with Crippen LogP contribution < -0.4 is 39.5 Å². The molecule has 4 fully saturated rings. The van der Waals surface area contributed by atoms with E-state index in [4.69, 9.17) is 74.3 Å². The number of halogens is 1. The Balaban J connectivity index is 0.000000149. The molecule has 4 aliphatic heterocycles. The average molecular weight is 1540 g/mol. The predicted octanol–water partition coefficient (Wildman–Crippen LogP) is -8.51. The van der Waals surface area contributed by atoms with E-state index in [-0.39, 0.29) is 117 Å². The van der Waals surface area contributed by atoms with E-state index >= 15 is 0 Å². The van der Waals surface area contributed by atoms with Gasteiger partial charge >= 0.3 is 11.9 Å². The standard InChI is InChI=1S/C16H19N7O6.C15H18N8O5.C10H12ClN5O4.C10H15N7O4.C6H8O4/c1-2-28-15(27)7-3-19-23(4-7)16-20-12(17)9-13(21-16)22(6-18-9)14-11(26)10(25)8(5-24)29-14;1-17-13(27)6-2-19-23(3-6)15-20-11(16)8-12(21-15)22(5-18-8)14-10(26)9(25)7(4-24)28-14;11-10-14-7(12)4-8(15-10)16(2-13-4)9-6(19)5(18)3(1-17)20-9;11-7-4-8(15-10(14-7)16-12)17(2-13-4)9-6(20)5(19)3(1-18)21-9;1-2-10-6(9)5(3-7)4-8/h3-4,6,8,10-11,14,24-26H,2,5H2,1H3,(H2,17,20,21);2-3,5,7,9-10,14,24-26H,4H2,1H3,(H,17,27)(H2,16,20,21);2-3,5-6,9,17-19H,1H2,(H2,12,14,15);2-3,5-6,9,18-20H,1,12H2,(H3,11,14,15,16);3-5H,2H2,1H3/t8-,10-,11-,14-;7-,9-,10-,14-;2*3-,5-,6-,9-;/m1111./s1. The molecule has 0 bridgehead atoms. The summed E-state index contributed by atoms with van der Waals surface area (Å²) in [6.07, 6.45) is -6.34. The smallest absolute Gasteiger partial charge is 0.341 e. The number of aliphatic hydroxyl groups is 12. The van der Waals surface area contributed by atoms with Crippen molar-refractivity contribution in [3.05, 3.63) is 66.5 Å². The van der Waals surface area contributed by atoms with Gasteiger partial charge in [0.1, 0.15) is 108 Å². The number of esters is 2. The third-order valence-corrected chi connectivity index (χ3v) is 16.6. The van der Waals surface area contributed by atoms with E-state index in [1.54, 1.807) is 13.8 Å². The molecular weight excluding hydrogens is 1470 g/mol. The van der Waals surface area contributed by atoms with Crippen molar-refractivity contribution in [2.24, 2.45) is 11.8 Å². The number of nitrogens with one attached hydrogen (secondary N) is 2. The van der Waals surface area contributed by atoms with Crippen LogP contribution in [0.3, 0.4) is 0 Å². The second-order valence-electron chi connectivity index (χ2n) is 23.2. The minimum atomic E-state index is -1.32. The topological polar surface area (TPSA) is 748 Å². The maximum Gasteiger partial charge on any atom is 0.341 e. The van der Waals surface area contributed by atoms with Crippen molar-refractivity contribution in [2.75, 3.05) is 75.0 Å². The van der Waals surface area contributed by atoms with Gasteiger partial charge < -0.3 is 128 Å². The number of carbonyl (C=O) groups excluding carboxylic acids is 5. The number of hydrogen-bond donors (Lipinski definition) is 19. The summed E-state index contributed by atoms with van der Waals surface area (Å²) in [5.74, 6) is 2.89. The van der Waals surface area contributed by atoms with E-state index in [2.05, 4.69) is 85.5 Å². The zero-order chi connectivity index (χ0) is 78.3. The number of imidazole rings is 4. The Labute approximate surface area is 607 Å². The zero-order valence-corrected chi connectivity index (χ0v) is 57.2. The van der Waals surface area contributed by atoms with E-state index in [0.717, 1.165) is 0 Å². The minimum Gasteiger partial charge on any atom is -0.465 e. The van der Waals surface area contributed by atoms with Crippen LogP contribution in [0.15, 0.2) is 50.1 Å². The average Bonchev–Trinajstić information content (AvgIpc) is 1.63. The molecule has 14 rings (SSSR count). The third kappa shape index (κ3) is 16.0. The Morgan fingerprint density at radius 1 is 0.509 bits per heavy atom. The normalized spacial score (nSPS) is 25.0. The van der Waals surface area contributed by atoms with Crippen molar-refractivity contribution in [3.8, 4) is 11.9 Å². The van der Waals surface area contributed by atoms with Gasteiger partial charge in [-0.25, -0.2) is 39.9 Å². The summed E-state index contributed by atoms with van der Waals surface area (Å²) in [5, 5.41) is 127. The highest BCUT2D eigenvalue weighted by molar-refractivity contribution is 6.28. The molecule has 4 saturated heterocycles. The number of anilines is 5. The molecule has 108 heavy (non-hydrogen) atoms. The lowest BCUT2D eigenvalue weighted by atomic mass is 10.1. The molecule has 50 nitrogen and oxygen atoms in total. The molecule has 0 spiro atoms. The number of hydrazine groups is 1. The number of fused-ring (bicyclic) bond motifs is 4. The number of nitrogens with zero attached hydrogens (tertiary/aromatic N) is 20. The number of carbonyl (C=O) groups is 5. The van der Waals surface area contributed by atoms with Gasteiger partial charge in [-0.1, -0.05) is 0 Å². The Morgan fingerprint density at radius 3 is 1.19 bits per heavy atom. The summed E-state index contributed by atoms with van der Waals surface area (Å²) < 4.78 is 39.3. The fourth-order valence-corrected chi connectivity index (χ4v) is 11.2. The van der Waals surface area contributed by atoms with Crippen molar-refractivity contribution < 1.29 is 114 Å². The van der Waals surface area contributed by atoms with Gasteiger partial charge in [-0.05, 0) is 25.4 Å². The number of amides is 1. The van der Waals surface area contributed by atoms with E-state index in [1.165, 1.54) is 84.8 Å². The molecule has 51 heteroatoms. The van der Waals surface area contributed by atoms with Crippen LogP contribution in [0.25, 0.3) is 56.6 Å². The maximum absolute atomic E-state index is 11.8. The van der Waals surface area contributed by atoms with Crippen LogP contribution in [0, 0.1) is 5.92 Å². The fourth-order valence-electron chi connectivity index (χ4n) is 11.0. The van der Waals surface area contributed by atoms with Gasteiger partial charge in [0, 0.05) is 19.4 Å². The Bertz CT molecular complexity index is 4820. The third-order valence-electron chi connectivity index (χ3n) is 16.5. The molecule has 0 saturated carbocycles. The van der Waals surface area contributed by atoms with Gasteiger partial charge in [-0.3, -0.25) is 33.3 Å². The van der Waals surface area contributed by atoms with Crippen LogP contribution in [0.5, 0.6) is 0 Å². The first-order valence-corrected chi connectivity index (χ1v) is 32.3. The summed E-state index contributed by atoms with van der Waals surface area (Å²) in [5.41, 5.74) is 28.3. The Kier molecular flexibility index (Phi) is 25.2. The molecule has 4 aliphatic rings. The van der Waals surface area contributed by atoms with Crippen LogP contribution in [-0.2, 0) is 42.8 Å².